The van der Waals surface area contributed by atoms with Crippen LogP contribution in [0.25, 0.3) is 0 Å². The number of hydrogen-bond acceptors (Lipinski definition) is 4. The fourth-order valence-corrected chi connectivity index (χ4v) is 2.66. The van der Waals surface area contributed by atoms with Crippen molar-refractivity contribution < 1.29 is 18.3 Å². The van der Waals surface area contributed by atoms with Crippen LogP contribution in [0.5, 0.6) is 0 Å². The van der Waals surface area contributed by atoms with Crippen molar-refractivity contribution in [1.82, 2.24) is 4.72 Å². The lowest BCUT2D eigenvalue weighted by Crippen LogP contribution is -2.25. The lowest BCUT2D eigenvalue weighted by Gasteiger charge is -2.10. The summed E-state index contributed by atoms with van der Waals surface area (Å²) in [5, 5.41) is 11.2. The molecule has 7 heteroatoms. The van der Waals surface area contributed by atoms with E-state index in [9.17, 15) is 13.2 Å². The Labute approximate surface area is 112 Å². The third-order valence-corrected chi connectivity index (χ3v) is 3.90. The van der Waals surface area contributed by atoms with Gasteiger partial charge in [-0.3, -0.25) is 4.79 Å². The largest absolute Gasteiger partial charge is 0.396 e. The van der Waals surface area contributed by atoms with Crippen molar-refractivity contribution in [3.8, 4) is 0 Å². The van der Waals surface area contributed by atoms with Gasteiger partial charge in [0.15, 0.2) is 0 Å². The number of aliphatic hydroxyl groups excluding tert-OH is 1. The number of hydrogen-bond donors (Lipinski definition) is 3. The number of carbonyl (C=O) groups excluding carboxylic acids is 1. The monoisotopic (exact) mass is 286 g/mol. The third-order valence-electron chi connectivity index (χ3n) is 2.45. The summed E-state index contributed by atoms with van der Waals surface area (Å²) in [4.78, 5) is 11.1. The maximum atomic E-state index is 11.9. The Balaban J connectivity index is 2.90. The number of rotatable bonds is 6. The lowest BCUT2D eigenvalue weighted by atomic mass is 10.2. The van der Waals surface area contributed by atoms with Crippen LogP contribution in [0.15, 0.2) is 23.1 Å². The minimum absolute atomic E-state index is 0.0665. The van der Waals surface area contributed by atoms with Gasteiger partial charge in [-0.15, -0.1) is 0 Å². The molecule has 3 N–H and O–H groups in total. The normalized spacial score (nSPS) is 11.3. The number of nitrogens with one attached hydrogen (secondary N) is 2. The fraction of sp³-hybridized carbons (Fsp3) is 0.417. The third kappa shape index (κ3) is 4.62. The second-order valence-corrected chi connectivity index (χ2v) is 5.90. The maximum Gasteiger partial charge on any atom is 0.240 e. The Bertz CT molecular complexity index is 555. The Hall–Kier alpha value is -1.44. The molecule has 0 aliphatic rings. The molecule has 0 aliphatic heterocycles. The number of sulfonamides is 1. The zero-order valence-electron chi connectivity index (χ0n) is 10.9. The second kappa shape index (κ2) is 6.65. The van der Waals surface area contributed by atoms with Crippen molar-refractivity contribution in [1.29, 1.82) is 0 Å². The Morgan fingerprint density at radius 3 is 2.58 bits per heavy atom. The van der Waals surface area contributed by atoms with E-state index in [0.717, 1.165) is 0 Å². The van der Waals surface area contributed by atoms with Crippen LogP contribution in [0.2, 0.25) is 0 Å². The van der Waals surface area contributed by atoms with Crippen LogP contribution in [0, 0.1) is 6.92 Å². The summed E-state index contributed by atoms with van der Waals surface area (Å²) in [5.41, 5.74) is 1.25. The van der Waals surface area contributed by atoms with Gasteiger partial charge < -0.3 is 10.4 Å². The Kier molecular flexibility index (Phi) is 5.46. The van der Waals surface area contributed by atoms with Crippen LogP contribution in [-0.4, -0.2) is 32.6 Å². The van der Waals surface area contributed by atoms with Gasteiger partial charge in [-0.1, -0.05) is 0 Å². The van der Waals surface area contributed by atoms with Gasteiger partial charge in [-0.05, 0) is 37.1 Å². The Morgan fingerprint density at radius 1 is 1.37 bits per heavy atom. The molecule has 0 bridgehead atoms. The van der Waals surface area contributed by atoms with E-state index in [1.54, 1.807) is 13.0 Å². The van der Waals surface area contributed by atoms with E-state index in [0.29, 0.717) is 17.7 Å². The topological polar surface area (TPSA) is 95.5 Å². The van der Waals surface area contributed by atoms with Gasteiger partial charge in [0.25, 0.3) is 0 Å². The van der Waals surface area contributed by atoms with Crippen LogP contribution in [0.3, 0.4) is 0 Å². The lowest BCUT2D eigenvalue weighted by molar-refractivity contribution is -0.114. The number of aryl methyl sites for hydroxylation is 1. The highest BCUT2D eigenvalue weighted by molar-refractivity contribution is 7.89. The first-order chi connectivity index (χ1) is 8.86. The van der Waals surface area contributed by atoms with Gasteiger partial charge in [-0.25, -0.2) is 13.1 Å². The summed E-state index contributed by atoms with van der Waals surface area (Å²) in [5.74, 6) is -0.209. The maximum absolute atomic E-state index is 11.9. The van der Waals surface area contributed by atoms with E-state index in [1.165, 1.54) is 19.1 Å². The molecular formula is C12H18N2O4S. The summed E-state index contributed by atoms with van der Waals surface area (Å²) >= 11 is 0. The number of amides is 1. The van der Waals surface area contributed by atoms with E-state index in [2.05, 4.69) is 10.0 Å². The van der Waals surface area contributed by atoms with E-state index in [1.807, 2.05) is 0 Å². The van der Waals surface area contributed by atoms with Crippen molar-refractivity contribution >= 4 is 21.6 Å². The molecule has 0 heterocycles. The summed E-state index contributed by atoms with van der Waals surface area (Å²) in [6, 6.07) is 4.48. The van der Waals surface area contributed by atoms with Crippen LogP contribution in [0.4, 0.5) is 5.69 Å². The average Bonchev–Trinajstić information content (AvgIpc) is 2.31. The summed E-state index contributed by atoms with van der Waals surface area (Å²) in [7, 11) is -3.57. The van der Waals surface area contributed by atoms with Gasteiger partial charge in [0, 0.05) is 25.8 Å². The molecule has 1 aromatic rings. The van der Waals surface area contributed by atoms with Crippen LogP contribution in [-0.2, 0) is 14.8 Å². The number of aliphatic hydroxyl groups is 1. The van der Waals surface area contributed by atoms with Crippen LogP contribution in [0.1, 0.15) is 18.9 Å². The molecule has 6 nitrogen and oxygen atoms in total. The summed E-state index contributed by atoms with van der Waals surface area (Å²) < 4.78 is 26.2. The fourth-order valence-electron chi connectivity index (χ4n) is 1.50. The SMILES string of the molecule is CC(=O)Nc1ccc(S(=O)(=O)NCCCO)cc1C. The predicted octanol–water partition coefficient (Wildman–Crippen LogP) is 0.614. The first-order valence-electron chi connectivity index (χ1n) is 5.85. The van der Waals surface area contributed by atoms with Crippen molar-refractivity contribution in [2.75, 3.05) is 18.5 Å². The number of benzene rings is 1. The molecule has 0 aromatic heterocycles. The zero-order valence-corrected chi connectivity index (χ0v) is 11.8. The number of carbonyl (C=O) groups is 1. The minimum Gasteiger partial charge on any atom is -0.396 e. The zero-order chi connectivity index (χ0) is 14.5. The van der Waals surface area contributed by atoms with E-state index < -0.39 is 10.0 Å². The highest BCUT2D eigenvalue weighted by Gasteiger charge is 2.14. The molecule has 19 heavy (non-hydrogen) atoms. The molecule has 1 aromatic carbocycles. The first-order valence-corrected chi connectivity index (χ1v) is 7.34. The van der Waals surface area contributed by atoms with Crippen molar-refractivity contribution in [3.05, 3.63) is 23.8 Å². The minimum atomic E-state index is -3.57. The average molecular weight is 286 g/mol. The molecule has 0 fully saturated rings. The molecule has 0 unspecified atom stereocenters. The number of anilines is 1. The molecular weight excluding hydrogens is 268 g/mol. The summed E-state index contributed by atoms with van der Waals surface area (Å²) in [6.07, 6.45) is 0.363. The molecule has 0 saturated carbocycles. The highest BCUT2D eigenvalue weighted by atomic mass is 32.2. The molecule has 1 amide bonds. The van der Waals surface area contributed by atoms with Gasteiger partial charge in [0.1, 0.15) is 0 Å². The molecule has 0 spiro atoms. The molecule has 0 radical (unpaired) electrons. The Morgan fingerprint density at radius 2 is 2.05 bits per heavy atom. The highest BCUT2D eigenvalue weighted by Crippen LogP contribution is 2.19. The first kappa shape index (κ1) is 15.6. The summed E-state index contributed by atoms with van der Waals surface area (Å²) in [6.45, 7) is 3.23. The van der Waals surface area contributed by atoms with Crippen molar-refractivity contribution in [3.63, 3.8) is 0 Å². The van der Waals surface area contributed by atoms with Crippen LogP contribution < -0.4 is 10.0 Å². The van der Waals surface area contributed by atoms with Crippen molar-refractivity contribution in [2.45, 2.75) is 25.2 Å². The van der Waals surface area contributed by atoms with Gasteiger partial charge in [0.2, 0.25) is 15.9 Å². The van der Waals surface area contributed by atoms with E-state index in [4.69, 9.17) is 5.11 Å². The van der Waals surface area contributed by atoms with Gasteiger partial charge >= 0.3 is 0 Å². The molecule has 106 valence electrons. The smallest absolute Gasteiger partial charge is 0.240 e. The van der Waals surface area contributed by atoms with E-state index in [-0.39, 0.29) is 24.0 Å². The second-order valence-electron chi connectivity index (χ2n) is 4.13. The van der Waals surface area contributed by atoms with Gasteiger partial charge in [0.05, 0.1) is 4.90 Å². The standard InChI is InChI=1S/C12H18N2O4S/c1-9-8-11(4-5-12(9)14-10(2)16)19(17,18)13-6-3-7-15/h4-5,8,13,15H,3,6-7H2,1-2H3,(H,14,16). The quantitative estimate of drug-likeness (QED) is 0.668. The van der Waals surface area contributed by atoms with Gasteiger partial charge in [-0.2, -0.15) is 0 Å². The predicted molar refractivity (Wildman–Crippen MR) is 72.4 cm³/mol. The molecule has 0 atom stereocenters. The molecule has 1 rings (SSSR count). The molecule has 0 aliphatic carbocycles. The van der Waals surface area contributed by atoms with Crippen LogP contribution >= 0.6 is 0 Å². The van der Waals surface area contributed by atoms with Crippen molar-refractivity contribution in [2.24, 2.45) is 0 Å². The molecule has 0 saturated heterocycles. The van der Waals surface area contributed by atoms with E-state index >= 15 is 0 Å².